The third kappa shape index (κ3) is 3.67. The van der Waals surface area contributed by atoms with Crippen LogP contribution in [0.1, 0.15) is 33.5 Å². The van der Waals surface area contributed by atoms with Crippen molar-refractivity contribution >= 4 is 28.5 Å². The highest BCUT2D eigenvalue weighted by molar-refractivity contribution is 7.79. The van der Waals surface area contributed by atoms with Crippen LogP contribution in [0.15, 0.2) is 58.4 Å². The van der Waals surface area contributed by atoms with Gasteiger partial charge < -0.3 is 16.0 Å². The van der Waals surface area contributed by atoms with Crippen molar-refractivity contribution in [3.8, 4) is 0 Å². The molecule has 1 aliphatic carbocycles. The second-order valence-corrected chi connectivity index (χ2v) is 6.57. The Kier molecular flexibility index (Phi) is 4.78. The Bertz CT molecular complexity index is 914. The fourth-order valence-corrected chi connectivity index (χ4v) is 3.22. The minimum absolute atomic E-state index is 0.233. The summed E-state index contributed by atoms with van der Waals surface area (Å²) in [4.78, 5) is 15.9. The van der Waals surface area contributed by atoms with Crippen molar-refractivity contribution in [2.24, 2.45) is 16.5 Å². The minimum Gasteiger partial charge on any atom is -0.768 e. The Morgan fingerprint density at radius 1 is 1.12 bits per heavy atom. The number of hydrogen-bond donors (Lipinski definition) is 2. The Balaban J connectivity index is 2.02. The summed E-state index contributed by atoms with van der Waals surface area (Å²) in [6.45, 7) is 0. The Labute approximate surface area is 147 Å². The van der Waals surface area contributed by atoms with Crippen LogP contribution in [0, 0.1) is 0 Å². The first-order chi connectivity index (χ1) is 12.0. The van der Waals surface area contributed by atoms with E-state index >= 15 is 0 Å². The van der Waals surface area contributed by atoms with Gasteiger partial charge in [-0.25, -0.2) is 0 Å². The van der Waals surface area contributed by atoms with Gasteiger partial charge in [0.05, 0.1) is 0 Å². The van der Waals surface area contributed by atoms with Gasteiger partial charge in [-0.2, -0.15) is 4.99 Å². The van der Waals surface area contributed by atoms with E-state index in [2.05, 4.69) is 11.1 Å². The molecule has 0 fully saturated rings. The predicted octanol–water partition coefficient (Wildman–Crippen LogP) is 1.72. The number of carbonyl (C=O) groups excluding carboxylic acids is 1. The Morgan fingerprint density at radius 2 is 1.84 bits per heavy atom. The quantitative estimate of drug-likeness (QED) is 0.494. The van der Waals surface area contributed by atoms with Gasteiger partial charge in [-0.1, -0.05) is 24.3 Å². The van der Waals surface area contributed by atoms with E-state index in [0.29, 0.717) is 5.56 Å². The molecule has 1 unspecified atom stereocenters. The lowest BCUT2D eigenvalue weighted by Crippen LogP contribution is -2.24. The van der Waals surface area contributed by atoms with Crippen molar-refractivity contribution in [2.45, 2.75) is 17.7 Å². The number of nitrogens with two attached hydrogens (primary N) is 2. The zero-order chi connectivity index (χ0) is 18.0. The summed E-state index contributed by atoms with van der Waals surface area (Å²) in [5.41, 5.74) is 14.8. The third-order valence-electron chi connectivity index (χ3n) is 4.00. The highest BCUT2D eigenvalue weighted by Gasteiger charge is 2.17. The zero-order valence-corrected chi connectivity index (χ0v) is 14.1. The van der Waals surface area contributed by atoms with E-state index < -0.39 is 17.0 Å². The van der Waals surface area contributed by atoms with Crippen LogP contribution in [0.4, 0.5) is 0 Å². The molecule has 0 spiro atoms. The largest absolute Gasteiger partial charge is 0.768 e. The summed E-state index contributed by atoms with van der Waals surface area (Å²) in [5, 5.41) is 0. The lowest BCUT2D eigenvalue weighted by Gasteiger charge is -2.19. The summed E-state index contributed by atoms with van der Waals surface area (Å²) in [6, 6.07) is 12.0. The summed E-state index contributed by atoms with van der Waals surface area (Å²) in [5.74, 6) is -0.774. The first-order valence-corrected chi connectivity index (χ1v) is 8.70. The number of guanidine groups is 1. The Morgan fingerprint density at radius 3 is 2.48 bits per heavy atom. The standard InChI is InChI=1S/C18H17N3O3S/c19-18(20)21-17(22)13-5-4-11-2-1-3-15(16(11)10-13)12-6-8-14(9-7-12)25(23)24/h3-10H,1-2H2,(H,23,24)(H4,19,20,21,22)/p-1. The number of allylic oxidation sites excluding steroid dienone is 1. The number of rotatable bonds is 3. The van der Waals surface area contributed by atoms with Gasteiger partial charge in [-0.3, -0.25) is 9.00 Å². The van der Waals surface area contributed by atoms with E-state index in [0.717, 1.165) is 35.1 Å². The summed E-state index contributed by atoms with van der Waals surface area (Å²) in [6.07, 6.45) is 3.83. The minimum atomic E-state index is -2.26. The van der Waals surface area contributed by atoms with Crippen molar-refractivity contribution in [3.63, 3.8) is 0 Å². The molecule has 2 aromatic carbocycles. The van der Waals surface area contributed by atoms with Gasteiger partial charge in [0, 0.05) is 10.5 Å². The molecule has 0 aliphatic heterocycles. The van der Waals surface area contributed by atoms with Crippen molar-refractivity contribution in [2.75, 3.05) is 0 Å². The summed E-state index contributed by atoms with van der Waals surface area (Å²) in [7, 11) is 0. The highest BCUT2D eigenvalue weighted by atomic mass is 32.2. The van der Waals surface area contributed by atoms with Crippen LogP contribution in [-0.2, 0) is 17.5 Å². The van der Waals surface area contributed by atoms with Crippen LogP contribution in [0.3, 0.4) is 0 Å². The average Bonchev–Trinajstić information content (AvgIpc) is 2.60. The maximum atomic E-state index is 12.1. The fraction of sp³-hybridized carbons (Fsp3) is 0.111. The van der Waals surface area contributed by atoms with Gasteiger partial charge in [-0.05, 0) is 70.5 Å². The van der Waals surface area contributed by atoms with E-state index in [1.807, 2.05) is 6.07 Å². The molecule has 1 amide bonds. The van der Waals surface area contributed by atoms with Crippen LogP contribution in [0.5, 0.6) is 0 Å². The second kappa shape index (κ2) is 7.00. The number of fused-ring (bicyclic) bond motifs is 1. The first-order valence-electron chi connectivity index (χ1n) is 7.63. The van der Waals surface area contributed by atoms with Crippen LogP contribution in [0.25, 0.3) is 5.57 Å². The SMILES string of the molecule is NC(N)=NC(=O)c1ccc2c(c1)C(c1ccc(S(=O)[O-])cc1)=CCC2. The summed E-state index contributed by atoms with van der Waals surface area (Å²) < 4.78 is 22.0. The third-order valence-corrected chi connectivity index (χ3v) is 4.65. The predicted molar refractivity (Wildman–Crippen MR) is 95.6 cm³/mol. The maximum absolute atomic E-state index is 12.1. The number of hydrogen-bond acceptors (Lipinski definition) is 3. The van der Waals surface area contributed by atoms with Crippen LogP contribution >= 0.6 is 0 Å². The topological polar surface area (TPSA) is 122 Å². The van der Waals surface area contributed by atoms with E-state index in [-0.39, 0.29) is 10.9 Å². The molecule has 4 N–H and O–H groups in total. The lowest BCUT2D eigenvalue weighted by atomic mass is 9.86. The highest BCUT2D eigenvalue weighted by Crippen LogP contribution is 2.32. The monoisotopic (exact) mass is 354 g/mol. The smallest absolute Gasteiger partial charge is 0.280 e. The Hall–Kier alpha value is -2.77. The van der Waals surface area contributed by atoms with Gasteiger partial charge in [0.2, 0.25) is 0 Å². The molecule has 0 bridgehead atoms. The van der Waals surface area contributed by atoms with Crippen molar-refractivity contribution in [3.05, 3.63) is 70.8 Å². The molecule has 1 atom stereocenters. The normalized spacial score (nSPS) is 14.2. The van der Waals surface area contributed by atoms with E-state index in [1.165, 1.54) is 0 Å². The maximum Gasteiger partial charge on any atom is 0.280 e. The van der Waals surface area contributed by atoms with Gasteiger partial charge >= 0.3 is 0 Å². The number of amides is 1. The molecule has 1 aliphatic rings. The molecule has 128 valence electrons. The van der Waals surface area contributed by atoms with Crippen LogP contribution in [0.2, 0.25) is 0 Å². The van der Waals surface area contributed by atoms with Gasteiger partial charge in [0.15, 0.2) is 5.96 Å². The number of aryl methyl sites for hydroxylation is 1. The molecule has 0 heterocycles. The van der Waals surface area contributed by atoms with Gasteiger partial charge in [0.1, 0.15) is 0 Å². The van der Waals surface area contributed by atoms with Gasteiger partial charge in [-0.15, -0.1) is 0 Å². The number of nitrogens with zero attached hydrogens (tertiary/aromatic N) is 1. The molecule has 6 nitrogen and oxygen atoms in total. The lowest BCUT2D eigenvalue weighted by molar-refractivity contribution is 0.100. The van der Waals surface area contributed by atoms with Crippen LogP contribution < -0.4 is 11.5 Å². The van der Waals surface area contributed by atoms with Crippen molar-refractivity contribution < 1.29 is 13.6 Å². The van der Waals surface area contributed by atoms with Crippen molar-refractivity contribution in [1.82, 2.24) is 0 Å². The molecule has 25 heavy (non-hydrogen) atoms. The molecule has 7 heteroatoms. The number of benzene rings is 2. The van der Waals surface area contributed by atoms with E-state index in [1.54, 1.807) is 36.4 Å². The van der Waals surface area contributed by atoms with Gasteiger partial charge in [0.25, 0.3) is 5.91 Å². The number of aliphatic imine (C=N–C) groups is 1. The van der Waals surface area contributed by atoms with E-state index in [9.17, 15) is 13.6 Å². The molecular weight excluding hydrogens is 338 g/mol. The molecule has 0 radical (unpaired) electrons. The number of carbonyl (C=O) groups is 1. The fourth-order valence-electron chi connectivity index (χ4n) is 2.86. The average molecular weight is 354 g/mol. The molecule has 0 saturated heterocycles. The first kappa shape index (κ1) is 17.1. The molecule has 0 aromatic heterocycles. The molecule has 0 saturated carbocycles. The summed E-state index contributed by atoms with van der Waals surface area (Å²) >= 11 is -2.26. The zero-order valence-electron chi connectivity index (χ0n) is 13.3. The molecule has 3 rings (SSSR count). The molecular formula is C18H16N3O3S-. The molecule has 2 aromatic rings. The van der Waals surface area contributed by atoms with E-state index in [4.69, 9.17) is 11.5 Å². The van der Waals surface area contributed by atoms with Crippen molar-refractivity contribution in [1.29, 1.82) is 0 Å². The van der Waals surface area contributed by atoms with Crippen LogP contribution in [-0.4, -0.2) is 20.6 Å². The second-order valence-electron chi connectivity index (χ2n) is 5.63.